The highest BCUT2D eigenvalue weighted by Gasteiger charge is 2.14. The maximum atomic E-state index is 14.0. The van der Waals surface area contributed by atoms with Crippen molar-refractivity contribution in [3.8, 4) is 0 Å². The van der Waals surface area contributed by atoms with E-state index in [1.165, 1.54) is 22.3 Å². The van der Waals surface area contributed by atoms with Gasteiger partial charge in [-0.3, -0.25) is 0 Å². The van der Waals surface area contributed by atoms with E-state index in [0.717, 1.165) is 5.56 Å². The first-order valence-corrected chi connectivity index (χ1v) is 6.97. The third kappa shape index (κ3) is 3.07. The first-order chi connectivity index (χ1) is 9.38. The van der Waals surface area contributed by atoms with Crippen LogP contribution in [0.1, 0.15) is 39.4 Å². The zero-order chi connectivity index (χ0) is 14.9. The van der Waals surface area contributed by atoms with Crippen molar-refractivity contribution in [2.45, 2.75) is 40.2 Å². The van der Waals surface area contributed by atoms with Gasteiger partial charge in [0, 0.05) is 11.6 Å². The average molecular weight is 271 g/mol. The summed E-state index contributed by atoms with van der Waals surface area (Å²) in [5.41, 5.74) is 12.7. The van der Waals surface area contributed by atoms with Crippen molar-refractivity contribution < 1.29 is 4.39 Å². The second-order valence-corrected chi connectivity index (χ2v) is 5.71. The second-order valence-electron chi connectivity index (χ2n) is 5.71. The minimum atomic E-state index is -0.310. The Morgan fingerprint density at radius 2 is 1.55 bits per heavy atom. The van der Waals surface area contributed by atoms with E-state index in [-0.39, 0.29) is 11.9 Å². The number of nitrogens with two attached hydrogens (primary N) is 1. The minimum Gasteiger partial charge on any atom is -0.324 e. The van der Waals surface area contributed by atoms with Gasteiger partial charge in [-0.05, 0) is 62.4 Å². The summed E-state index contributed by atoms with van der Waals surface area (Å²) in [4.78, 5) is 0. The van der Waals surface area contributed by atoms with Gasteiger partial charge >= 0.3 is 0 Å². The fourth-order valence-electron chi connectivity index (χ4n) is 2.79. The van der Waals surface area contributed by atoms with E-state index in [1.807, 2.05) is 13.0 Å². The number of halogens is 1. The molecule has 20 heavy (non-hydrogen) atoms. The van der Waals surface area contributed by atoms with Gasteiger partial charge in [-0.25, -0.2) is 4.39 Å². The van der Waals surface area contributed by atoms with Crippen LogP contribution < -0.4 is 5.73 Å². The SMILES string of the molecule is Cc1cc(C)c(CC(N)c2ccc(C)cc2F)c(C)c1. The van der Waals surface area contributed by atoms with Crippen LogP contribution in [0.3, 0.4) is 0 Å². The van der Waals surface area contributed by atoms with Gasteiger partial charge in [-0.15, -0.1) is 0 Å². The lowest BCUT2D eigenvalue weighted by molar-refractivity contribution is 0.578. The zero-order valence-electron chi connectivity index (χ0n) is 12.6. The fraction of sp³-hybridized carbons (Fsp3) is 0.333. The van der Waals surface area contributed by atoms with E-state index in [0.29, 0.717) is 12.0 Å². The number of hydrogen-bond acceptors (Lipinski definition) is 1. The lowest BCUT2D eigenvalue weighted by atomic mass is 9.91. The topological polar surface area (TPSA) is 26.0 Å². The Morgan fingerprint density at radius 1 is 0.950 bits per heavy atom. The summed E-state index contributed by atoms with van der Waals surface area (Å²) in [6.07, 6.45) is 0.665. The first-order valence-electron chi connectivity index (χ1n) is 6.97. The lowest BCUT2D eigenvalue weighted by Crippen LogP contribution is -2.16. The molecular weight excluding hydrogens is 249 g/mol. The Balaban J connectivity index is 2.30. The maximum Gasteiger partial charge on any atom is 0.128 e. The predicted molar refractivity (Wildman–Crippen MR) is 82.4 cm³/mol. The van der Waals surface area contributed by atoms with Crippen LogP contribution in [-0.4, -0.2) is 0 Å². The van der Waals surface area contributed by atoms with E-state index >= 15 is 0 Å². The molecule has 2 rings (SSSR count). The average Bonchev–Trinajstić information content (AvgIpc) is 2.33. The maximum absolute atomic E-state index is 14.0. The molecule has 0 fully saturated rings. The molecule has 2 aromatic rings. The van der Waals surface area contributed by atoms with Gasteiger partial charge in [0.2, 0.25) is 0 Å². The molecule has 2 heteroatoms. The van der Waals surface area contributed by atoms with Crippen molar-refractivity contribution in [1.29, 1.82) is 0 Å². The highest BCUT2D eigenvalue weighted by Crippen LogP contribution is 2.24. The second kappa shape index (κ2) is 5.76. The molecule has 1 nitrogen and oxygen atoms in total. The molecule has 0 heterocycles. The molecule has 1 atom stereocenters. The lowest BCUT2D eigenvalue weighted by Gasteiger charge is -2.17. The van der Waals surface area contributed by atoms with Crippen molar-refractivity contribution in [1.82, 2.24) is 0 Å². The van der Waals surface area contributed by atoms with E-state index < -0.39 is 0 Å². The Labute approximate surface area is 120 Å². The molecule has 0 aliphatic rings. The van der Waals surface area contributed by atoms with E-state index in [1.54, 1.807) is 12.1 Å². The molecule has 0 bridgehead atoms. The molecule has 1 unspecified atom stereocenters. The van der Waals surface area contributed by atoms with Crippen LogP contribution >= 0.6 is 0 Å². The largest absolute Gasteiger partial charge is 0.324 e. The summed E-state index contributed by atoms with van der Waals surface area (Å²) in [6.45, 7) is 8.15. The number of hydrogen-bond donors (Lipinski definition) is 1. The van der Waals surface area contributed by atoms with E-state index in [2.05, 4.69) is 32.9 Å². The van der Waals surface area contributed by atoms with Gasteiger partial charge in [0.15, 0.2) is 0 Å². The van der Waals surface area contributed by atoms with Crippen LogP contribution in [0, 0.1) is 33.5 Å². The molecule has 0 aromatic heterocycles. The molecule has 0 aliphatic heterocycles. The molecule has 0 amide bonds. The van der Waals surface area contributed by atoms with Crippen LogP contribution in [0.15, 0.2) is 30.3 Å². The highest BCUT2D eigenvalue weighted by molar-refractivity contribution is 5.39. The van der Waals surface area contributed by atoms with Crippen molar-refractivity contribution in [2.75, 3.05) is 0 Å². The van der Waals surface area contributed by atoms with Gasteiger partial charge in [-0.1, -0.05) is 29.8 Å². The van der Waals surface area contributed by atoms with E-state index in [4.69, 9.17) is 5.73 Å². The number of benzene rings is 2. The molecule has 106 valence electrons. The molecule has 0 radical (unpaired) electrons. The van der Waals surface area contributed by atoms with Crippen LogP contribution in [0.2, 0.25) is 0 Å². The molecule has 0 aliphatic carbocycles. The van der Waals surface area contributed by atoms with Gasteiger partial charge in [0.05, 0.1) is 0 Å². The van der Waals surface area contributed by atoms with Gasteiger partial charge in [0.25, 0.3) is 0 Å². The Kier molecular flexibility index (Phi) is 4.24. The summed E-state index contributed by atoms with van der Waals surface area (Å²) in [6, 6.07) is 9.25. The molecule has 0 saturated carbocycles. The van der Waals surface area contributed by atoms with Gasteiger partial charge in [-0.2, -0.15) is 0 Å². The third-order valence-electron chi connectivity index (χ3n) is 3.82. The van der Waals surface area contributed by atoms with Gasteiger partial charge in [0.1, 0.15) is 5.82 Å². The monoisotopic (exact) mass is 271 g/mol. The Morgan fingerprint density at radius 3 is 2.10 bits per heavy atom. The Bertz CT molecular complexity index is 608. The summed E-state index contributed by atoms with van der Waals surface area (Å²) >= 11 is 0. The van der Waals surface area contributed by atoms with Crippen LogP contribution in [0.25, 0.3) is 0 Å². The van der Waals surface area contributed by atoms with Crippen molar-refractivity contribution in [3.63, 3.8) is 0 Å². The first kappa shape index (κ1) is 14.7. The molecule has 0 spiro atoms. The Hall–Kier alpha value is -1.67. The highest BCUT2D eigenvalue weighted by atomic mass is 19.1. The third-order valence-corrected chi connectivity index (χ3v) is 3.82. The van der Waals surface area contributed by atoms with Crippen LogP contribution in [0.4, 0.5) is 4.39 Å². The van der Waals surface area contributed by atoms with Crippen LogP contribution in [0.5, 0.6) is 0 Å². The number of rotatable bonds is 3. The van der Waals surface area contributed by atoms with E-state index in [9.17, 15) is 4.39 Å². The van der Waals surface area contributed by atoms with Crippen molar-refractivity contribution >= 4 is 0 Å². The summed E-state index contributed by atoms with van der Waals surface area (Å²) < 4.78 is 14.0. The predicted octanol–water partition coefficient (Wildman–Crippen LogP) is 4.30. The minimum absolute atomic E-state index is 0.208. The van der Waals surface area contributed by atoms with Crippen molar-refractivity contribution in [3.05, 3.63) is 69.5 Å². The standard InChI is InChI=1S/C18H22FN/c1-11-5-6-15(17(19)9-11)18(20)10-16-13(3)7-12(2)8-14(16)4/h5-9,18H,10,20H2,1-4H3. The summed E-state index contributed by atoms with van der Waals surface area (Å²) in [5, 5.41) is 0. The fourth-order valence-corrected chi connectivity index (χ4v) is 2.79. The molecule has 0 saturated heterocycles. The zero-order valence-corrected chi connectivity index (χ0v) is 12.6. The molecular formula is C18H22FN. The smallest absolute Gasteiger partial charge is 0.128 e. The normalized spacial score (nSPS) is 12.5. The number of aryl methyl sites for hydroxylation is 4. The van der Waals surface area contributed by atoms with Crippen LogP contribution in [-0.2, 0) is 6.42 Å². The summed E-state index contributed by atoms with van der Waals surface area (Å²) in [7, 11) is 0. The quantitative estimate of drug-likeness (QED) is 0.885. The molecule has 2 aromatic carbocycles. The van der Waals surface area contributed by atoms with Crippen molar-refractivity contribution in [2.24, 2.45) is 5.73 Å². The van der Waals surface area contributed by atoms with Gasteiger partial charge < -0.3 is 5.73 Å². The summed E-state index contributed by atoms with van der Waals surface area (Å²) in [5.74, 6) is -0.208. The molecule has 2 N–H and O–H groups in total.